The predicted octanol–water partition coefficient (Wildman–Crippen LogP) is 2.28. The molecule has 1 saturated heterocycles. The van der Waals surface area contributed by atoms with Gasteiger partial charge in [0.2, 0.25) is 11.8 Å². The molecule has 0 radical (unpaired) electrons. The lowest BCUT2D eigenvalue weighted by molar-refractivity contribution is -0.127. The Balaban J connectivity index is 1.87. The number of anilines is 1. The molecule has 1 aliphatic heterocycles. The molecule has 1 fully saturated rings. The largest absolute Gasteiger partial charge is 0.358 e. The molecule has 0 unspecified atom stereocenters. The molecule has 0 spiro atoms. The molecular weight excluding hydrogens is 438 g/mol. The van der Waals surface area contributed by atoms with E-state index in [0.717, 1.165) is 0 Å². The van der Waals surface area contributed by atoms with E-state index in [4.69, 9.17) is 11.6 Å². The highest BCUT2D eigenvalue weighted by atomic mass is 35.5. The summed E-state index contributed by atoms with van der Waals surface area (Å²) in [6, 6.07) is 14.8. The van der Waals surface area contributed by atoms with Gasteiger partial charge in [-0.15, -0.1) is 0 Å². The summed E-state index contributed by atoms with van der Waals surface area (Å²) in [4.78, 5) is 29.2. The molecule has 2 atom stereocenters. The van der Waals surface area contributed by atoms with Crippen LogP contribution in [0.3, 0.4) is 0 Å². The average Bonchev–Trinajstić information content (AvgIpc) is 3.09. The Hall–Kier alpha value is -2.42. The minimum Gasteiger partial charge on any atom is -0.358 e. The summed E-state index contributed by atoms with van der Waals surface area (Å²) in [5.41, 5.74) is 1.35. The SMILES string of the molecule is CNC(=O)[C@@H](c1ccc(Cl)cc1)N(C)CC(=O)N(c1ccccc1)[C@H]1CCS(=O)(=O)C1. The molecule has 1 aliphatic rings. The third-order valence-corrected chi connectivity index (χ3v) is 7.38. The van der Waals surface area contributed by atoms with E-state index in [2.05, 4.69) is 5.32 Å². The van der Waals surface area contributed by atoms with Crippen molar-refractivity contribution in [1.82, 2.24) is 10.2 Å². The molecule has 166 valence electrons. The van der Waals surface area contributed by atoms with Crippen LogP contribution in [0.25, 0.3) is 0 Å². The van der Waals surface area contributed by atoms with Gasteiger partial charge < -0.3 is 10.2 Å². The monoisotopic (exact) mass is 463 g/mol. The molecule has 7 nitrogen and oxygen atoms in total. The number of nitrogens with zero attached hydrogens (tertiary/aromatic N) is 2. The maximum atomic E-state index is 13.4. The van der Waals surface area contributed by atoms with E-state index >= 15 is 0 Å². The molecule has 2 aromatic carbocycles. The number of carbonyl (C=O) groups excluding carboxylic acids is 2. The molecule has 0 saturated carbocycles. The van der Waals surface area contributed by atoms with E-state index in [1.807, 2.05) is 18.2 Å². The second-order valence-corrected chi connectivity index (χ2v) is 10.3. The van der Waals surface area contributed by atoms with Gasteiger partial charge in [-0.05, 0) is 43.3 Å². The molecule has 2 amide bonds. The molecule has 2 aromatic rings. The van der Waals surface area contributed by atoms with Gasteiger partial charge in [0.05, 0.1) is 24.1 Å². The van der Waals surface area contributed by atoms with Crippen molar-refractivity contribution in [2.45, 2.75) is 18.5 Å². The van der Waals surface area contributed by atoms with Gasteiger partial charge in [0, 0.05) is 17.8 Å². The van der Waals surface area contributed by atoms with Crippen molar-refractivity contribution >= 4 is 38.9 Å². The number of nitrogens with one attached hydrogen (secondary N) is 1. The number of hydrogen-bond acceptors (Lipinski definition) is 5. The summed E-state index contributed by atoms with van der Waals surface area (Å²) >= 11 is 5.97. The van der Waals surface area contributed by atoms with Crippen LogP contribution in [-0.4, -0.2) is 63.3 Å². The van der Waals surface area contributed by atoms with Crippen molar-refractivity contribution in [1.29, 1.82) is 0 Å². The molecule has 1 heterocycles. The predicted molar refractivity (Wildman–Crippen MR) is 122 cm³/mol. The van der Waals surface area contributed by atoms with Gasteiger partial charge in [-0.1, -0.05) is 41.9 Å². The summed E-state index contributed by atoms with van der Waals surface area (Å²) in [5.74, 6) is -0.519. The van der Waals surface area contributed by atoms with Crippen molar-refractivity contribution in [2.75, 3.05) is 37.0 Å². The zero-order chi connectivity index (χ0) is 22.6. The average molecular weight is 464 g/mol. The van der Waals surface area contributed by atoms with Crippen LogP contribution in [0.4, 0.5) is 5.69 Å². The fourth-order valence-corrected chi connectivity index (χ4v) is 5.72. The van der Waals surface area contributed by atoms with Gasteiger partial charge in [-0.2, -0.15) is 0 Å². The van der Waals surface area contributed by atoms with Gasteiger partial charge in [0.15, 0.2) is 9.84 Å². The maximum Gasteiger partial charge on any atom is 0.241 e. The maximum absolute atomic E-state index is 13.4. The van der Waals surface area contributed by atoms with Gasteiger partial charge >= 0.3 is 0 Å². The van der Waals surface area contributed by atoms with E-state index in [0.29, 0.717) is 22.7 Å². The number of halogens is 1. The Kier molecular flexibility index (Phi) is 7.35. The first kappa shape index (κ1) is 23.2. The first-order valence-electron chi connectivity index (χ1n) is 9.96. The molecule has 3 rings (SSSR count). The summed E-state index contributed by atoms with van der Waals surface area (Å²) < 4.78 is 24.1. The number of benzene rings is 2. The fourth-order valence-electron chi connectivity index (χ4n) is 3.89. The Bertz CT molecular complexity index is 1030. The molecule has 0 bridgehead atoms. The highest BCUT2D eigenvalue weighted by molar-refractivity contribution is 7.91. The second-order valence-electron chi connectivity index (χ2n) is 7.64. The Morgan fingerprint density at radius 2 is 1.77 bits per heavy atom. The topological polar surface area (TPSA) is 86.8 Å². The van der Waals surface area contributed by atoms with Gasteiger partial charge in [0.25, 0.3) is 0 Å². The number of amides is 2. The van der Waals surface area contributed by atoms with Crippen LogP contribution in [0, 0.1) is 0 Å². The standard InChI is InChI=1S/C22H26ClN3O4S/c1-24-22(28)21(16-8-10-17(23)11-9-16)25(2)14-20(27)26(18-6-4-3-5-7-18)19-12-13-31(29,30)15-19/h3-11,19,21H,12-15H2,1-2H3,(H,24,28)/t19-,21+/m0/s1. The van der Waals surface area contributed by atoms with Crippen molar-refractivity contribution < 1.29 is 18.0 Å². The Morgan fingerprint density at radius 1 is 1.13 bits per heavy atom. The molecular formula is C22H26ClN3O4S. The molecule has 0 aromatic heterocycles. The number of para-hydroxylation sites is 1. The van der Waals surface area contributed by atoms with Crippen LogP contribution in [0.2, 0.25) is 5.02 Å². The van der Waals surface area contributed by atoms with Crippen LogP contribution in [0.15, 0.2) is 54.6 Å². The zero-order valence-corrected chi connectivity index (χ0v) is 19.1. The zero-order valence-electron chi connectivity index (χ0n) is 17.5. The summed E-state index contributed by atoms with van der Waals surface area (Å²) in [5, 5.41) is 3.19. The van der Waals surface area contributed by atoms with E-state index in [9.17, 15) is 18.0 Å². The minimum atomic E-state index is -3.18. The first-order valence-corrected chi connectivity index (χ1v) is 12.2. The van der Waals surface area contributed by atoms with Crippen LogP contribution >= 0.6 is 11.6 Å². The van der Waals surface area contributed by atoms with Crippen LogP contribution < -0.4 is 10.2 Å². The number of rotatable bonds is 7. The van der Waals surface area contributed by atoms with Crippen molar-refractivity contribution in [3.63, 3.8) is 0 Å². The first-order chi connectivity index (χ1) is 14.7. The lowest BCUT2D eigenvalue weighted by Crippen LogP contribution is -2.48. The Morgan fingerprint density at radius 3 is 2.32 bits per heavy atom. The lowest BCUT2D eigenvalue weighted by Gasteiger charge is -2.32. The number of hydrogen-bond donors (Lipinski definition) is 1. The van der Waals surface area contributed by atoms with E-state index in [1.54, 1.807) is 60.3 Å². The summed E-state index contributed by atoms with van der Waals surface area (Å²) in [6.07, 6.45) is 0.392. The number of likely N-dealkylation sites (N-methyl/N-ethyl adjacent to an activating group) is 2. The normalized spacial score (nSPS) is 18.5. The summed E-state index contributed by atoms with van der Waals surface area (Å²) in [7, 11) is 0.0623. The van der Waals surface area contributed by atoms with Gasteiger partial charge in [0.1, 0.15) is 6.04 Å². The smallest absolute Gasteiger partial charge is 0.241 e. The van der Waals surface area contributed by atoms with Gasteiger partial charge in [-0.3, -0.25) is 14.5 Å². The van der Waals surface area contributed by atoms with Gasteiger partial charge in [-0.25, -0.2) is 8.42 Å². The molecule has 9 heteroatoms. The van der Waals surface area contributed by atoms with Crippen LogP contribution in [-0.2, 0) is 19.4 Å². The van der Waals surface area contributed by atoms with Crippen LogP contribution in [0.5, 0.6) is 0 Å². The minimum absolute atomic E-state index is 0.0621. The quantitative estimate of drug-likeness (QED) is 0.680. The fraction of sp³-hybridized carbons (Fsp3) is 0.364. The molecule has 1 N–H and O–H groups in total. The molecule has 31 heavy (non-hydrogen) atoms. The van der Waals surface area contributed by atoms with Crippen molar-refractivity contribution in [3.05, 3.63) is 65.2 Å². The number of sulfone groups is 1. The van der Waals surface area contributed by atoms with E-state index in [1.165, 1.54) is 0 Å². The Labute approximate surface area is 187 Å². The van der Waals surface area contributed by atoms with Crippen LogP contribution in [0.1, 0.15) is 18.0 Å². The third kappa shape index (κ3) is 5.64. The highest BCUT2D eigenvalue weighted by Gasteiger charge is 2.36. The highest BCUT2D eigenvalue weighted by Crippen LogP contribution is 2.26. The van der Waals surface area contributed by atoms with Crippen molar-refractivity contribution in [3.8, 4) is 0 Å². The summed E-state index contributed by atoms with van der Waals surface area (Å²) in [6.45, 7) is -0.0633. The van der Waals surface area contributed by atoms with Crippen molar-refractivity contribution in [2.24, 2.45) is 0 Å². The van der Waals surface area contributed by atoms with E-state index in [-0.39, 0.29) is 29.9 Å². The molecule has 0 aliphatic carbocycles. The second kappa shape index (κ2) is 9.80. The number of carbonyl (C=O) groups is 2. The third-order valence-electron chi connectivity index (χ3n) is 5.38. The van der Waals surface area contributed by atoms with E-state index < -0.39 is 21.9 Å². The lowest BCUT2D eigenvalue weighted by atomic mass is 10.0.